The molecule has 1 atom stereocenters. The summed E-state index contributed by atoms with van der Waals surface area (Å²) in [5, 5.41) is 14.3. The number of aliphatic imine (C=N–C) groups is 1. The second-order valence-electron chi connectivity index (χ2n) is 8.76. The topological polar surface area (TPSA) is 114 Å². The van der Waals surface area contributed by atoms with Crippen LogP contribution in [0.25, 0.3) is 0 Å². The van der Waals surface area contributed by atoms with Gasteiger partial charge in [-0.15, -0.1) is 13.2 Å². The van der Waals surface area contributed by atoms with Crippen molar-refractivity contribution < 1.29 is 27.6 Å². The molecule has 1 aromatic heterocycles. The van der Waals surface area contributed by atoms with E-state index in [2.05, 4.69) is 35.9 Å². The lowest BCUT2D eigenvalue weighted by Gasteiger charge is -2.38. The number of hydrogen-bond acceptors (Lipinski definition) is 10. The zero-order valence-corrected chi connectivity index (χ0v) is 19.7. The summed E-state index contributed by atoms with van der Waals surface area (Å²) in [6, 6.07) is 6.14. The van der Waals surface area contributed by atoms with Gasteiger partial charge >= 0.3 is 18.2 Å². The minimum atomic E-state index is -4.70. The molecule has 3 aliphatic heterocycles. The van der Waals surface area contributed by atoms with Crippen LogP contribution in [-0.2, 0) is 6.54 Å². The number of fused-ring (bicyclic) bond motifs is 1. The third-order valence-corrected chi connectivity index (χ3v) is 6.23. The number of rotatable bonds is 7. The van der Waals surface area contributed by atoms with Gasteiger partial charge in [-0.3, -0.25) is 9.88 Å². The minimum absolute atomic E-state index is 0.0257. The van der Waals surface area contributed by atoms with Crippen LogP contribution in [0.4, 0.5) is 24.7 Å². The van der Waals surface area contributed by atoms with Crippen LogP contribution in [0, 0.1) is 10.1 Å². The number of piperazine rings is 1. The largest absolute Gasteiger partial charge is 0.573 e. The van der Waals surface area contributed by atoms with Crippen LogP contribution >= 0.6 is 0 Å². The maximum atomic E-state index is 12.4. The summed E-state index contributed by atoms with van der Waals surface area (Å²) >= 11 is 0. The van der Waals surface area contributed by atoms with E-state index >= 15 is 0 Å². The number of alkyl halides is 3. The van der Waals surface area contributed by atoms with E-state index in [1.54, 1.807) is 23.0 Å². The number of imidazole rings is 1. The lowest BCUT2D eigenvalue weighted by atomic mass is 10.2. The molecule has 2 aromatic rings. The molecule has 4 heterocycles. The maximum absolute atomic E-state index is 12.4. The number of nitrogens with zero attached hydrogens (tertiary/aromatic N) is 7. The molecule has 15 heteroatoms. The number of nitrogens with one attached hydrogen (secondary N) is 1. The third kappa shape index (κ3) is 6.04. The van der Waals surface area contributed by atoms with E-state index in [9.17, 15) is 23.3 Å². The Morgan fingerprint density at radius 1 is 1.16 bits per heavy atom. The molecule has 0 radical (unpaired) electrons. The summed E-state index contributed by atoms with van der Waals surface area (Å²) in [6.07, 6.45) is 0.505. The standard InChI is InChI=1S/C22H25F3N8O4/c23-22(24,25)37-18-3-1-17(2-4-18)30-7-9-31(10-8-30)19-5-6-29(15-27-19)14-26-16-11-32-12-20(33(34)35)28-21(32)36-13-16/h1-5,12,15-16,26H,6-11,13-14H2/t16-/m0/s1. The first-order chi connectivity index (χ1) is 17.7. The van der Waals surface area contributed by atoms with E-state index in [4.69, 9.17) is 4.74 Å². The Hall–Kier alpha value is -4.01. The molecule has 1 aromatic carbocycles. The quantitative estimate of drug-likeness (QED) is 0.431. The predicted octanol–water partition coefficient (Wildman–Crippen LogP) is 2.01. The van der Waals surface area contributed by atoms with Gasteiger partial charge in [0, 0.05) is 49.9 Å². The van der Waals surface area contributed by atoms with Crippen LogP contribution in [-0.4, -0.2) is 89.0 Å². The Morgan fingerprint density at radius 3 is 2.54 bits per heavy atom. The van der Waals surface area contributed by atoms with Crippen LogP contribution in [0.15, 0.2) is 47.4 Å². The summed E-state index contributed by atoms with van der Waals surface area (Å²) in [5.74, 6) is 0.425. The molecule has 1 N–H and O–H groups in total. The monoisotopic (exact) mass is 522 g/mol. The van der Waals surface area contributed by atoms with Gasteiger partial charge in [0.1, 0.15) is 24.4 Å². The summed E-state index contributed by atoms with van der Waals surface area (Å²) in [6.45, 7) is 4.99. The SMILES string of the molecule is O=[N+]([O-])c1cn2c(n1)OC[C@@H](NCN1C=NC(N3CCN(c4ccc(OC(F)(F)F)cc4)CC3)=CC1)C2. The van der Waals surface area contributed by atoms with E-state index in [-0.39, 0.29) is 23.6 Å². The minimum Gasteiger partial charge on any atom is -0.444 e. The molecule has 0 bridgehead atoms. The number of halogens is 3. The van der Waals surface area contributed by atoms with Crippen molar-refractivity contribution >= 4 is 17.8 Å². The highest BCUT2D eigenvalue weighted by Gasteiger charge is 2.31. The lowest BCUT2D eigenvalue weighted by Crippen LogP contribution is -2.48. The molecule has 5 rings (SSSR count). The molecule has 0 amide bonds. The van der Waals surface area contributed by atoms with E-state index < -0.39 is 11.3 Å². The van der Waals surface area contributed by atoms with Gasteiger partial charge in [0.05, 0.1) is 19.0 Å². The first-order valence-electron chi connectivity index (χ1n) is 11.7. The molecule has 37 heavy (non-hydrogen) atoms. The zero-order chi connectivity index (χ0) is 26.0. The Kier molecular flexibility index (Phi) is 6.78. The molecule has 0 spiro atoms. The molecule has 1 saturated heterocycles. The normalized spacial score (nSPS) is 19.8. The van der Waals surface area contributed by atoms with E-state index in [1.165, 1.54) is 18.3 Å². The fourth-order valence-corrected chi connectivity index (χ4v) is 4.36. The third-order valence-electron chi connectivity index (χ3n) is 6.23. The van der Waals surface area contributed by atoms with Crippen molar-refractivity contribution in [2.24, 2.45) is 4.99 Å². The molecule has 1 fully saturated rings. The van der Waals surface area contributed by atoms with Gasteiger partial charge in [0.25, 0.3) is 0 Å². The fourth-order valence-electron chi connectivity index (χ4n) is 4.36. The van der Waals surface area contributed by atoms with Crippen LogP contribution in [0.1, 0.15) is 0 Å². The number of ether oxygens (including phenoxy) is 2. The number of hydrogen-bond donors (Lipinski definition) is 1. The Bertz CT molecular complexity index is 1180. The van der Waals surface area contributed by atoms with Crippen molar-refractivity contribution in [1.29, 1.82) is 0 Å². The molecule has 0 saturated carbocycles. The van der Waals surface area contributed by atoms with Crippen molar-refractivity contribution in [2.75, 3.05) is 50.9 Å². The number of anilines is 1. The molecule has 0 aliphatic carbocycles. The number of benzene rings is 1. The van der Waals surface area contributed by atoms with Gasteiger partial charge in [-0.2, -0.15) is 0 Å². The summed E-state index contributed by atoms with van der Waals surface area (Å²) < 4.78 is 48.1. The Balaban J connectivity index is 1.05. The molecular weight excluding hydrogens is 497 g/mol. The van der Waals surface area contributed by atoms with Crippen molar-refractivity contribution in [2.45, 2.75) is 18.9 Å². The lowest BCUT2D eigenvalue weighted by molar-refractivity contribution is -0.389. The van der Waals surface area contributed by atoms with Gasteiger partial charge in [-0.05, 0) is 35.3 Å². The van der Waals surface area contributed by atoms with E-state index in [0.29, 0.717) is 39.5 Å². The van der Waals surface area contributed by atoms with Gasteiger partial charge in [0.2, 0.25) is 0 Å². The maximum Gasteiger partial charge on any atom is 0.573 e. The van der Waals surface area contributed by atoms with Crippen molar-refractivity contribution in [3.05, 3.63) is 52.5 Å². The van der Waals surface area contributed by atoms with Gasteiger partial charge in [-0.25, -0.2) is 4.99 Å². The summed E-state index contributed by atoms with van der Waals surface area (Å²) in [7, 11) is 0. The zero-order valence-electron chi connectivity index (χ0n) is 19.7. The van der Waals surface area contributed by atoms with Crippen molar-refractivity contribution in [3.8, 4) is 11.8 Å². The smallest absolute Gasteiger partial charge is 0.444 e. The molecule has 198 valence electrons. The first-order valence-corrected chi connectivity index (χ1v) is 11.7. The molecule has 0 unspecified atom stereocenters. The van der Waals surface area contributed by atoms with Gasteiger partial charge < -0.3 is 34.3 Å². The number of nitro groups is 1. The molecule has 3 aliphatic rings. The Labute approximate surface area is 209 Å². The van der Waals surface area contributed by atoms with Crippen LogP contribution in [0.2, 0.25) is 0 Å². The van der Waals surface area contributed by atoms with Crippen LogP contribution < -0.4 is 19.7 Å². The number of aromatic nitrogens is 2. The highest BCUT2D eigenvalue weighted by molar-refractivity contribution is 5.58. The fraction of sp³-hybridized carbons (Fsp3) is 0.455. The van der Waals surface area contributed by atoms with Crippen molar-refractivity contribution in [3.63, 3.8) is 0 Å². The van der Waals surface area contributed by atoms with Crippen LogP contribution in [0.3, 0.4) is 0 Å². The second-order valence-corrected chi connectivity index (χ2v) is 8.76. The Morgan fingerprint density at radius 2 is 1.89 bits per heavy atom. The first kappa shape index (κ1) is 24.7. The van der Waals surface area contributed by atoms with E-state index in [0.717, 1.165) is 24.6 Å². The van der Waals surface area contributed by atoms with Gasteiger partial charge in [-0.1, -0.05) is 0 Å². The van der Waals surface area contributed by atoms with Gasteiger partial charge in [0.15, 0.2) is 0 Å². The molecular formula is C22H25F3N8O4. The highest BCUT2D eigenvalue weighted by atomic mass is 19.4. The summed E-state index contributed by atoms with van der Waals surface area (Å²) in [5.41, 5.74) is 0.844. The second kappa shape index (κ2) is 10.2. The van der Waals surface area contributed by atoms with E-state index in [1.807, 2.05) is 4.90 Å². The average Bonchev–Trinajstić information content (AvgIpc) is 3.32. The van der Waals surface area contributed by atoms with Crippen LogP contribution in [0.5, 0.6) is 11.8 Å². The average molecular weight is 522 g/mol. The highest BCUT2D eigenvalue weighted by Crippen LogP contribution is 2.26. The summed E-state index contributed by atoms with van der Waals surface area (Å²) in [4.78, 5) is 25.1. The van der Waals surface area contributed by atoms with Crippen molar-refractivity contribution in [1.82, 2.24) is 24.7 Å². The molecule has 12 nitrogen and oxygen atoms in total. The predicted molar refractivity (Wildman–Crippen MR) is 126 cm³/mol.